The molecule has 0 unspecified atom stereocenters. The first-order valence-electron chi connectivity index (χ1n) is 6.33. The molecule has 0 fully saturated rings. The molecule has 0 aromatic heterocycles. The van der Waals surface area contributed by atoms with E-state index in [2.05, 4.69) is 18.2 Å². The van der Waals surface area contributed by atoms with E-state index in [1.165, 1.54) is 11.1 Å². The van der Waals surface area contributed by atoms with Crippen molar-refractivity contribution in [1.82, 2.24) is 0 Å². The normalized spacial score (nSPS) is 10.3. The number of nitrogens with zero attached hydrogens (tertiary/aromatic N) is 1. The van der Waals surface area contributed by atoms with Gasteiger partial charge in [0.1, 0.15) is 0 Å². The van der Waals surface area contributed by atoms with Crippen molar-refractivity contribution < 1.29 is 9.90 Å². The molecule has 20 heavy (non-hydrogen) atoms. The molecule has 0 aliphatic carbocycles. The number of anilines is 3. The molecule has 3 N–H and O–H groups in total. The number of carboxylic acids is 1. The summed E-state index contributed by atoms with van der Waals surface area (Å²) in [6.07, 6.45) is 0. The largest absolute Gasteiger partial charge is 0.478 e. The first kappa shape index (κ1) is 13.9. The van der Waals surface area contributed by atoms with Crippen LogP contribution in [0.3, 0.4) is 0 Å². The minimum atomic E-state index is -1.02. The minimum absolute atomic E-state index is 0.124. The zero-order valence-electron chi connectivity index (χ0n) is 11.8. The first-order valence-corrected chi connectivity index (χ1v) is 6.33. The summed E-state index contributed by atoms with van der Waals surface area (Å²) in [7, 11) is 1.91. The van der Waals surface area contributed by atoms with Crippen LogP contribution in [0, 0.1) is 13.8 Å². The van der Waals surface area contributed by atoms with Crippen LogP contribution in [0.25, 0.3) is 0 Å². The van der Waals surface area contributed by atoms with Gasteiger partial charge in [-0.15, -0.1) is 0 Å². The molecule has 0 amide bonds. The van der Waals surface area contributed by atoms with Crippen LogP contribution >= 0.6 is 0 Å². The third kappa shape index (κ3) is 2.74. The first-order chi connectivity index (χ1) is 9.38. The van der Waals surface area contributed by atoms with Crippen molar-refractivity contribution >= 4 is 23.0 Å². The van der Waals surface area contributed by atoms with Gasteiger partial charge in [-0.3, -0.25) is 0 Å². The highest BCUT2D eigenvalue weighted by atomic mass is 16.4. The lowest BCUT2D eigenvalue weighted by atomic mass is 10.1. The quantitative estimate of drug-likeness (QED) is 0.839. The van der Waals surface area contributed by atoms with Gasteiger partial charge in [-0.25, -0.2) is 4.79 Å². The van der Waals surface area contributed by atoms with Gasteiger partial charge in [-0.05, 0) is 55.3 Å². The third-order valence-corrected chi connectivity index (χ3v) is 3.25. The summed E-state index contributed by atoms with van der Waals surface area (Å²) >= 11 is 0. The van der Waals surface area contributed by atoms with Crippen molar-refractivity contribution in [2.24, 2.45) is 0 Å². The Morgan fingerprint density at radius 3 is 2.20 bits per heavy atom. The summed E-state index contributed by atoms with van der Waals surface area (Å²) in [5.74, 6) is -1.02. The molecule has 0 heterocycles. The average molecular weight is 270 g/mol. The lowest BCUT2D eigenvalue weighted by molar-refractivity contribution is 0.0698. The molecular formula is C16H18N2O2. The van der Waals surface area contributed by atoms with Crippen molar-refractivity contribution in [3.63, 3.8) is 0 Å². The Labute approximate surface area is 118 Å². The van der Waals surface area contributed by atoms with E-state index >= 15 is 0 Å². The Kier molecular flexibility index (Phi) is 3.66. The lowest BCUT2D eigenvalue weighted by Crippen LogP contribution is -2.12. The van der Waals surface area contributed by atoms with E-state index < -0.39 is 5.97 Å². The maximum absolute atomic E-state index is 11.1. The number of rotatable bonds is 3. The summed E-state index contributed by atoms with van der Waals surface area (Å²) in [6, 6.07) is 11.3. The van der Waals surface area contributed by atoms with E-state index in [1.807, 2.05) is 31.9 Å². The monoisotopic (exact) mass is 270 g/mol. The second-order valence-electron chi connectivity index (χ2n) is 4.98. The molecule has 0 aliphatic heterocycles. The minimum Gasteiger partial charge on any atom is -0.478 e. The number of hydrogen-bond donors (Lipinski definition) is 2. The number of hydrogen-bond acceptors (Lipinski definition) is 3. The molecule has 0 atom stereocenters. The van der Waals surface area contributed by atoms with Crippen molar-refractivity contribution in [3.8, 4) is 0 Å². The fraction of sp³-hybridized carbons (Fsp3) is 0.188. The Bertz CT molecular complexity index is 645. The van der Waals surface area contributed by atoms with Crippen LogP contribution in [0.1, 0.15) is 21.5 Å². The van der Waals surface area contributed by atoms with Crippen LogP contribution in [-0.2, 0) is 0 Å². The Balaban J connectivity index is 2.45. The predicted octanol–water partition coefficient (Wildman–Crippen LogP) is 3.35. The second-order valence-corrected chi connectivity index (χ2v) is 4.98. The Morgan fingerprint density at radius 1 is 1.05 bits per heavy atom. The van der Waals surface area contributed by atoms with Crippen LogP contribution in [0.5, 0.6) is 0 Å². The highest BCUT2D eigenvalue weighted by Gasteiger charge is 2.12. The topological polar surface area (TPSA) is 66.6 Å². The second kappa shape index (κ2) is 5.25. The Morgan fingerprint density at radius 2 is 1.65 bits per heavy atom. The summed E-state index contributed by atoms with van der Waals surface area (Å²) in [5, 5.41) is 9.13. The molecule has 2 aromatic carbocycles. The Hall–Kier alpha value is -2.49. The van der Waals surface area contributed by atoms with Gasteiger partial charge >= 0.3 is 5.97 Å². The average Bonchev–Trinajstić information content (AvgIpc) is 2.37. The predicted molar refractivity (Wildman–Crippen MR) is 81.8 cm³/mol. The van der Waals surface area contributed by atoms with Gasteiger partial charge in [0.2, 0.25) is 0 Å². The fourth-order valence-corrected chi connectivity index (χ4v) is 2.23. The molecule has 0 saturated carbocycles. The molecule has 0 spiro atoms. The summed E-state index contributed by atoms with van der Waals surface area (Å²) in [5.41, 5.74) is 10.2. The SMILES string of the molecule is Cc1cc(C)cc(N(C)c2ccc(N)c(C(=O)O)c2)c1. The number of nitrogens with two attached hydrogens (primary N) is 1. The zero-order valence-corrected chi connectivity index (χ0v) is 11.8. The number of aromatic carboxylic acids is 1. The van der Waals surface area contributed by atoms with Gasteiger partial charge in [-0.2, -0.15) is 0 Å². The van der Waals surface area contributed by atoms with E-state index in [4.69, 9.17) is 10.8 Å². The molecule has 2 aromatic rings. The number of nitrogen functional groups attached to an aromatic ring is 1. The van der Waals surface area contributed by atoms with Crippen LogP contribution in [-0.4, -0.2) is 18.1 Å². The molecular weight excluding hydrogens is 252 g/mol. The lowest BCUT2D eigenvalue weighted by Gasteiger charge is -2.21. The highest BCUT2D eigenvalue weighted by Crippen LogP contribution is 2.28. The van der Waals surface area contributed by atoms with Crippen molar-refractivity contribution in [2.75, 3.05) is 17.7 Å². The van der Waals surface area contributed by atoms with Gasteiger partial charge in [0, 0.05) is 24.1 Å². The van der Waals surface area contributed by atoms with Crippen LogP contribution in [0.15, 0.2) is 36.4 Å². The van der Waals surface area contributed by atoms with Crippen molar-refractivity contribution in [3.05, 3.63) is 53.1 Å². The summed E-state index contributed by atoms with van der Waals surface area (Å²) in [6.45, 7) is 4.08. The van der Waals surface area contributed by atoms with Gasteiger partial charge in [0.05, 0.1) is 5.56 Å². The molecule has 104 valence electrons. The van der Waals surface area contributed by atoms with Gasteiger partial charge < -0.3 is 15.7 Å². The van der Waals surface area contributed by atoms with E-state index in [-0.39, 0.29) is 11.3 Å². The maximum Gasteiger partial charge on any atom is 0.337 e. The molecule has 0 saturated heterocycles. The third-order valence-electron chi connectivity index (χ3n) is 3.25. The molecule has 4 nitrogen and oxygen atoms in total. The number of aryl methyl sites for hydroxylation is 2. The summed E-state index contributed by atoms with van der Waals surface area (Å²) < 4.78 is 0. The van der Waals surface area contributed by atoms with Crippen molar-refractivity contribution in [1.29, 1.82) is 0 Å². The molecule has 2 rings (SSSR count). The molecule has 0 aliphatic rings. The molecule has 0 bridgehead atoms. The van der Waals surface area contributed by atoms with E-state index in [0.29, 0.717) is 0 Å². The summed E-state index contributed by atoms with van der Waals surface area (Å²) in [4.78, 5) is 13.1. The van der Waals surface area contributed by atoms with E-state index in [9.17, 15) is 4.79 Å². The van der Waals surface area contributed by atoms with Gasteiger partial charge in [-0.1, -0.05) is 6.07 Å². The fourth-order valence-electron chi connectivity index (χ4n) is 2.23. The highest BCUT2D eigenvalue weighted by molar-refractivity contribution is 5.95. The number of benzene rings is 2. The van der Waals surface area contributed by atoms with Crippen LogP contribution in [0.2, 0.25) is 0 Å². The molecule has 0 radical (unpaired) electrons. The smallest absolute Gasteiger partial charge is 0.337 e. The van der Waals surface area contributed by atoms with Crippen LogP contribution < -0.4 is 10.6 Å². The van der Waals surface area contributed by atoms with Gasteiger partial charge in [0.15, 0.2) is 0 Å². The number of carboxylic acid groups (broad SMARTS) is 1. The van der Waals surface area contributed by atoms with E-state index in [0.717, 1.165) is 11.4 Å². The van der Waals surface area contributed by atoms with Crippen LogP contribution in [0.4, 0.5) is 17.1 Å². The maximum atomic E-state index is 11.1. The zero-order chi connectivity index (χ0) is 14.9. The van der Waals surface area contributed by atoms with E-state index in [1.54, 1.807) is 12.1 Å². The van der Waals surface area contributed by atoms with Crippen molar-refractivity contribution in [2.45, 2.75) is 13.8 Å². The molecule has 4 heteroatoms. The standard InChI is InChI=1S/C16H18N2O2/c1-10-6-11(2)8-13(7-10)18(3)12-4-5-15(17)14(9-12)16(19)20/h4-9H,17H2,1-3H3,(H,19,20). The number of carbonyl (C=O) groups is 1. The van der Waals surface area contributed by atoms with Gasteiger partial charge in [0.25, 0.3) is 0 Å².